The number of rotatable bonds is 6. The highest BCUT2D eigenvalue weighted by molar-refractivity contribution is 14.1. The smallest absolute Gasteiger partial charge is 0.295 e. The fourth-order valence-corrected chi connectivity index (χ4v) is 4.28. The molecule has 1 aliphatic heterocycles. The van der Waals surface area contributed by atoms with Gasteiger partial charge in [-0.15, -0.1) is 0 Å². The van der Waals surface area contributed by atoms with Crippen molar-refractivity contribution >= 4 is 40.0 Å². The van der Waals surface area contributed by atoms with Gasteiger partial charge >= 0.3 is 0 Å². The Morgan fingerprint density at radius 3 is 2.41 bits per heavy atom. The van der Waals surface area contributed by atoms with Gasteiger partial charge in [-0.1, -0.05) is 54.6 Å². The predicted octanol–water partition coefficient (Wildman–Crippen LogP) is 4.96. The number of amides is 1. The van der Waals surface area contributed by atoms with Crippen LogP contribution in [0.5, 0.6) is 5.75 Å². The molecule has 0 aliphatic carbocycles. The number of hydrogen-bond acceptors (Lipinski definition) is 4. The van der Waals surface area contributed by atoms with Gasteiger partial charge < -0.3 is 14.7 Å². The molecule has 4 rings (SSSR count). The highest BCUT2D eigenvalue weighted by atomic mass is 127. The second-order valence-corrected chi connectivity index (χ2v) is 8.76. The van der Waals surface area contributed by atoms with Crippen LogP contribution in [0.15, 0.2) is 84.4 Å². The molecule has 0 radical (unpaired) electrons. The minimum Gasteiger partial charge on any atom is -0.507 e. The lowest BCUT2D eigenvalue weighted by Gasteiger charge is -2.25. The van der Waals surface area contributed by atoms with Crippen molar-refractivity contribution in [1.29, 1.82) is 0 Å². The average Bonchev–Trinajstić information content (AvgIpc) is 3.08. The predicted molar refractivity (Wildman–Crippen MR) is 131 cm³/mol. The molecule has 1 heterocycles. The van der Waals surface area contributed by atoms with Gasteiger partial charge in [-0.3, -0.25) is 9.59 Å². The summed E-state index contributed by atoms with van der Waals surface area (Å²) in [6.07, 6.45) is 0.605. The van der Waals surface area contributed by atoms with Crippen molar-refractivity contribution in [2.24, 2.45) is 0 Å². The molecular formula is C26H22INO4. The molecule has 1 unspecified atom stereocenters. The Morgan fingerprint density at radius 2 is 1.72 bits per heavy atom. The number of methoxy groups -OCH3 is 1. The van der Waals surface area contributed by atoms with E-state index in [1.165, 1.54) is 7.11 Å². The normalized spacial score (nSPS) is 17.6. The molecule has 0 aromatic heterocycles. The number of benzene rings is 3. The Bertz CT molecular complexity index is 1170. The number of ketones is 1. The Balaban J connectivity index is 1.79. The van der Waals surface area contributed by atoms with Crippen molar-refractivity contribution in [2.45, 2.75) is 12.5 Å². The molecule has 1 N–H and O–H groups in total. The maximum Gasteiger partial charge on any atom is 0.295 e. The van der Waals surface area contributed by atoms with Gasteiger partial charge in [0.1, 0.15) is 11.5 Å². The first-order valence-electron chi connectivity index (χ1n) is 10.2. The van der Waals surface area contributed by atoms with Crippen LogP contribution in [0, 0.1) is 3.57 Å². The molecule has 3 aromatic carbocycles. The van der Waals surface area contributed by atoms with Crippen molar-refractivity contribution in [3.8, 4) is 5.75 Å². The summed E-state index contributed by atoms with van der Waals surface area (Å²) in [7, 11) is 1.53. The highest BCUT2D eigenvalue weighted by Crippen LogP contribution is 2.40. The van der Waals surface area contributed by atoms with Gasteiger partial charge in [-0.2, -0.15) is 0 Å². The minimum atomic E-state index is -0.679. The molecule has 1 saturated heterocycles. The van der Waals surface area contributed by atoms with E-state index in [9.17, 15) is 14.7 Å². The van der Waals surface area contributed by atoms with Crippen LogP contribution in [0.4, 0.5) is 0 Å². The number of halogens is 1. The third kappa shape index (κ3) is 4.41. The van der Waals surface area contributed by atoms with Crippen LogP contribution in [0.1, 0.15) is 22.7 Å². The van der Waals surface area contributed by atoms with E-state index in [1.54, 1.807) is 29.2 Å². The molecule has 1 aliphatic rings. The SMILES string of the molecule is COc1cccc(/C(O)=C2\C(=O)C(=O)N(CCc3ccccc3)C2c2ccc(I)cc2)c1. The van der Waals surface area contributed by atoms with Crippen LogP contribution in [0.2, 0.25) is 0 Å². The van der Waals surface area contributed by atoms with Crippen LogP contribution in [0.25, 0.3) is 5.76 Å². The number of ether oxygens (including phenoxy) is 1. The molecule has 1 atom stereocenters. The molecule has 162 valence electrons. The van der Waals surface area contributed by atoms with Gasteiger partial charge in [0.25, 0.3) is 11.7 Å². The molecule has 1 fully saturated rings. The van der Waals surface area contributed by atoms with E-state index in [4.69, 9.17) is 4.74 Å². The monoisotopic (exact) mass is 539 g/mol. The molecule has 0 saturated carbocycles. The molecule has 3 aromatic rings. The van der Waals surface area contributed by atoms with E-state index in [-0.39, 0.29) is 11.3 Å². The van der Waals surface area contributed by atoms with Gasteiger partial charge in [0, 0.05) is 15.7 Å². The zero-order valence-electron chi connectivity index (χ0n) is 17.5. The fourth-order valence-electron chi connectivity index (χ4n) is 3.92. The van der Waals surface area contributed by atoms with E-state index in [0.717, 1.165) is 14.7 Å². The standard InChI is InChI=1S/C26H22INO4/c1-32-21-9-5-8-19(16-21)24(29)22-23(18-10-12-20(27)13-11-18)28(26(31)25(22)30)15-14-17-6-3-2-4-7-17/h2-13,16,23,29H,14-15H2,1H3/b24-22+. The van der Waals surface area contributed by atoms with Crippen molar-refractivity contribution in [1.82, 2.24) is 4.90 Å². The van der Waals surface area contributed by atoms with Gasteiger partial charge in [-0.25, -0.2) is 0 Å². The second-order valence-electron chi connectivity index (χ2n) is 7.51. The van der Waals surface area contributed by atoms with Crippen LogP contribution in [-0.4, -0.2) is 35.4 Å². The summed E-state index contributed by atoms with van der Waals surface area (Å²) in [6, 6.07) is 23.6. The average molecular weight is 539 g/mol. The number of nitrogens with zero attached hydrogens (tertiary/aromatic N) is 1. The third-order valence-corrected chi connectivity index (χ3v) is 6.27. The van der Waals surface area contributed by atoms with Crippen LogP contribution >= 0.6 is 22.6 Å². The van der Waals surface area contributed by atoms with Crippen molar-refractivity contribution in [3.05, 3.63) is 105 Å². The summed E-state index contributed by atoms with van der Waals surface area (Å²) in [6.45, 7) is 0.361. The first kappa shape index (κ1) is 22.1. The Morgan fingerprint density at radius 1 is 1.00 bits per heavy atom. The summed E-state index contributed by atoms with van der Waals surface area (Å²) in [4.78, 5) is 27.7. The zero-order chi connectivity index (χ0) is 22.7. The summed E-state index contributed by atoms with van der Waals surface area (Å²) in [5.74, 6) is -0.929. The van der Waals surface area contributed by atoms with Crippen LogP contribution < -0.4 is 4.74 Å². The fraction of sp³-hybridized carbons (Fsp3) is 0.154. The van der Waals surface area contributed by atoms with E-state index in [2.05, 4.69) is 22.6 Å². The van der Waals surface area contributed by atoms with Gasteiger partial charge in [0.15, 0.2) is 0 Å². The van der Waals surface area contributed by atoms with Crippen molar-refractivity contribution in [2.75, 3.05) is 13.7 Å². The van der Waals surface area contributed by atoms with E-state index in [0.29, 0.717) is 24.3 Å². The number of hydrogen-bond donors (Lipinski definition) is 1. The summed E-state index contributed by atoms with van der Waals surface area (Å²) < 4.78 is 6.29. The lowest BCUT2D eigenvalue weighted by Crippen LogP contribution is -2.31. The van der Waals surface area contributed by atoms with Gasteiger partial charge in [-0.05, 0) is 64.4 Å². The third-order valence-electron chi connectivity index (χ3n) is 5.55. The Hall–Kier alpha value is -3.13. The van der Waals surface area contributed by atoms with Crippen molar-refractivity contribution in [3.63, 3.8) is 0 Å². The van der Waals surface area contributed by atoms with Crippen LogP contribution in [-0.2, 0) is 16.0 Å². The lowest BCUT2D eigenvalue weighted by atomic mass is 9.95. The number of aliphatic hydroxyl groups excluding tert-OH is 1. The van der Waals surface area contributed by atoms with E-state index in [1.807, 2.05) is 54.6 Å². The maximum atomic E-state index is 13.1. The maximum absolute atomic E-state index is 13.1. The Labute approximate surface area is 200 Å². The molecule has 32 heavy (non-hydrogen) atoms. The molecule has 5 nitrogen and oxygen atoms in total. The minimum absolute atomic E-state index is 0.0949. The molecular weight excluding hydrogens is 517 g/mol. The lowest BCUT2D eigenvalue weighted by molar-refractivity contribution is -0.139. The largest absolute Gasteiger partial charge is 0.507 e. The van der Waals surface area contributed by atoms with Gasteiger partial charge in [0.2, 0.25) is 0 Å². The number of carbonyl (C=O) groups excluding carboxylic acids is 2. The molecule has 0 spiro atoms. The van der Waals surface area contributed by atoms with Crippen LogP contribution in [0.3, 0.4) is 0 Å². The zero-order valence-corrected chi connectivity index (χ0v) is 19.7. The summed E-state index contributed by atoms with van der Waals surface area (Å²) >= 11 is 2.21. The molecule has 6 heteroatoms. The number of carbonyl (C=O) groups is 2. The first-order valence-corrected chi connectivity index (χ1v) is 11.3. The first-order chi connectivity index (χ1) is 15.5. The number of aliphatic hydroxyl groups is 1. The second kappa shape index (κ2) is 9.56. The number of likely N-dealkylation sites (tertiary alicyclic amines) is 1. The number of Topliss-reactive ketones (excluding diaryl/α,β-unsaturated/α-hetero) is 1. The van der Waals surface area contributed by atoms with Gasteiger partial charge in [0.05, 0.1) is 18.7 Å². The van der Waals surface area contributed by atoms with E-state index < -0.39 is 17.7 Å². The van der Waals surface area contributed by atoms with Crippen molar-refractivity contribution < 1.29 is 19.4 Å². The quantitative estimate of drug-likeness (QED) is 0.208. The molecule has 1 amide bonds. The molecule has 0 bridgehead atoms. The summed E-state index contributed by atoms with van der Waals surface area (Å²) in [5, 5.41) is 11.1. The van der Waals surface area contributed by atoms with E-state index >= 15 is 0 Å². The summed E-state index contributed by atoms with van der Waals surface area (Å²) in [5.41, 5.74) is 2.38. The Kier molecular flexibility index (Phi) is 6.60. The highest BCUT2D eigenvalue weighted by Gasteiger charge is 2.45. The topological polar surface area (TPSA) is 66.8 Å².